The summed E-state index contributed by atoms with van der Waals surface area (Å²) >= 11 is 2.63. The van der Waals surface area contributed by atoms with E-state index in [1.807, 2.05) is 6.92 Å². The van der Waals surface area contributed by atoms with E-state index in [1.54, 1.807) is 7.05 Å². The van der Waals surface area contributed by atoms with E-state index in [2.05, 4.69) is 15.0 Å². The number of ether oxygens (including phenoxy) is 1. The molecule has 1 atom stereocenters. The highest BCUT2D eigenvalue weighted by Crippen LogP contribution is 2.34. The molecule has 1 aliphatic rings. The van der Waals surface area contributed by atoms with Gasteiger partial charge in [-0.25, -0.2) is 4.98 Å². The molecule has 1 aliphatic heterocycles. The van der Waals surface area contributed by atoms with Crippen LogP contribution in [0.15, 0.2) is 39.1 Å². The molecular weight excluding hydrogens is 415 g/mol. The van der Waals surface area contributed by atoms with Gasteiger partial charge in [-0.2, -0.15) is 0 Å². The van der Waals surface area contributed by atoms with Gasteiger partial charge in [0.25, 0.3) is 5.56 Å². The topological polar surface area (TPSA) is 73.2 Å². The van der Waals surface area contributed by atoms with Crippen LogP contribution in [0.4, 0.5) is 18.9 Å². The second-order valence-corrected chi connectivity index (χ2v) is 8.47. The number of amides is 1. The van der Waals surface area contributed by atoms with Crippen LogP contribution in [0.25, 0.3) is 0 Å². The number of hydrogen-bond donors (Lipinski definition) is 1. The van der Waals surface area contributed by atoms with Crippen LogP contribution in [-0.4, -0.2) is 32.8 Å². The molecule has 0 saturated carbocycles. The zero-order valence-electron chi connectivity index (χ0n) is 14.9. The Bertz CT molecular complexity index is 946. The molecule has 1 N–H and O–H groups in total. The summed E-state index contributed by atoms with van der Waals surface area (Å²) in [7, 11) is 1.61. The maximum absolute atomic E-state index is 12.4. The normalized spacial score (nSPS) is 16.0. The predicted molar refractivity (Wildman–Crippen MR) is 101 cm³/mol. The number of nitrogens with one attached hydrogen (secondary N) is 1. The molecule has 1 aromatic heterocycles. The predicted octanol–water partition coefficient (Wildman–Crippen LogP) is 3.45. The van der Waals surface area contributed by atoms with Crippen LogP contribution < -0.4 is 15.6 Å². The average Bonchev–Trinajstić information content (AvgIpc) is 2.98. The Morgan fingerprint density at radius 2 is 2.07 bits per heavy atom. The van der Waals surface area contributed by atoms with E-state index in [1.165, 1.54) is 28.5 Å². The molecule has 3 rings (SSSR count). The lowest BCUT2D eigenvalue weighted by atomic mass is 10.2. The lowest BCUT2D eigenvalue weighted by Crippen LogP contribution is -2.23. The Morgan fingerprint density at radius 1 is 1.39 bits per heavy atom. The molecule has 2 heterocycles. The van der Waals surface area contributed by atoms with Crippen molar-refractivity contribution in [2.45, 2.75) is 35.0 Å². The number of carbonyl (C=O) groups excluding carboxylic acids is 1. The fourth-order valence-corrected chi connectivity index (χ4v) is 4.50. The molecule has 0 bridgehead atoms. The molecule has 1 aromatic carbocycles. The quantitative estimate of drug-likeness (QED) is 0.578. The smallest absolute Gasteiger partial charge is 0.406 e. The Hall–Kier alpha value is -2.14. The Kier molecular flexibility index (Phi) is 5.94. The molecule has 150 valence electrons. The van der Waals surface area contributed by atoms with E-state index in [4.69, 9.17) is 0 Å². The maximum atomic E-state index is 12.4. The van der Waals surface area contributed by atoms with Crippen molar-refractivity contribution < 1.29 is 22.7 Å². The fourth-order valence-electron chi connectivity index (χ4n) is 2.57. The molecule has 0 aliphatic carbocycles. The van der Waals surface area contributed by atoms with Crippen molar-refractivity contribution in [3.63, 3.8) is 0 Å². The highest BCUT2D eigenvalue weighted by atomic mass is 32.2. The first-order valence-electron chi connectivity index (χ1n) is 8.17. The van der Waals surface area contributed by atoms with Crippen LogP contribution in [0.5, 0.6) is 5.75 Å². The largest absolute Gasteiger partial charge is 0.573 e. The highest BCUT2D eigenvalue weighted by Gasteiger charge is 2.31. The SMILES string of the molecule is C[C@@H]1Cc2nc(SCC(=O)Nc3ccc(OC(F)(F)F)cc3)n(C)c(=O)c2S1. The van der Waals surface area contributed by atoms with Crippen molar-refractivity contribution in [3.05, 3.63) is 40.3 Å². The van der Waals surface area contributed by atoms with Gasteiger partial charge in [-0.15, -0.1) is 24.9 Å². The fraction of sp³-hybridized carbons (Fsp3) is 0.353. The van der Waals surface area contributed by atoms with Gasteiger partial charge in [0.05, 0.1) is 16.3 Å². The van der Waals surface area contributed by atoms with Crippen LogP contribution >= 0.6 is 23.5 Å². The van der Waals surface area contributed by atoms with Gasteiger partial charge in [0.2, 0.25) is 5.91 Å². The van der Waals surface area contributed by atoms with Gasteiger partial charge in [0.15, 0.2) is 5.16 Å². The lowest BCUT2D eigenvalue weighted by molar-refractivity contribution is -0.274. The zero-order chi connectivity index (χ0) is 20.5. The number of benzene rings is 1. The van der Waals surface area contributed by atoms with Gasteiger partial charge in [-0.3, -0.25) is 14.2 Å². The molecule has 0 radical (unpaired) electrons. The van der Waals surface area contributed by atoms with E-state index in [0.717, 1.165) is 29.6 Å². The molecule has 0 spiro atoms. The number of nitrogens with zero attached hydrogens (tertiary/aromatic N) is 2. The van der Waals surface area contributed by atoms with Crippen LogP contribution in [0.2, 0.25) is 0 Å². The first-order valence-corrected chi connectivity index (χ1v) is 10.0. The summed E-state index contributed by atoms with van der Waals surface area (Å²) < 4.78 is 41.7. The van der Waals surface area contributed by atoms with E-state index in [0.29, 0.717) is 27.4 Å². The summed E-state index contributed by atoms with van der Waals surface area (Å²) in [5.41, 5.74) is 0.965. The number of fused-ring (bicyclic) bond motifs is 1. The second kappa shape index (κ2) is 8.08. The minimum Gasteiger partial charge on any atom is -0.406 e. The molecule has 1 amide bonds. The van der Waals surface area contributed by atoms with E-state index in [9.17, 15) is 22.8 Å². The summed E-state index contributed by atoms with van der Waals surface area (Å²) in [6, 6.07) is 4.85. The van der Waals surface area contributed by atoms with Crippen LogP contribution in [-0.2, 0) is 18.3 Å². The van der Waals surface area contributed by atoms with Gasteiger partial charge >= 0.3 is 6.36 Å². The molecule has 28 heavy (non-hydrogen) atoms. The van der Waals surface area contributed by atoms with Crippen molar-refractivity contribution in [1.29, 1.82) is 0 Å². The standard InChI is InChI=1S/C17H16F3N3O3S2/c1-9-7-12-14(28-9)15(25)23(2)16(22-12)27-8-13(24)21-10-3-5-11(6-4-10)26-17(18,19)20/h3-6,9H,7-8H2,1-2H3,(H,21,24)/t9-/m1/s1. The average molecular weight is 431 g/mol. The summed E-state index contributed by atoms with van der Waals surface area (Å²) in [6.45, 7) is 2.02. The number of anilines is 1. The van der Waals surface area contributed by atoms with Crippen molar-refractivity contribution in [3.8, 4) is 5.75 Å². The van der Waals surface area contributed by atoms with Crippen LogP contribution in [0.3, 0.4) is 0 Å². The van der Waals surface area contributed by atoms with Crippen molar-refractivity contribution in [2.75, 3.05) is 11.1 Å². The number of alkyl halides is 3. The van der Waals surface area contributed by atoms with Gasteiger partial charge < -0.3 is 10.1 Å². The zero-order valence-corrected chi connectivity index (χ0v) is 16.5. The van der Waals surface area contributed by atoms with Gasteiger partial charge in [0.1, 0.15) is 5.75 Å². The highest BCUT2D eigenvalue weighted by molar-refractivity contribution is 8.00. The molecule has 2 aromatic rings. The third kappa shape index (κ3) is 5.02. The number of rotatable bonds is 5. The number of aromatic nitrogens is 2. The second-order valence-electron chi connectivity index (χ2n) is 6.08. The van der Waals surface area contributed by atoms with Crippen molar-refractivity contribution in [1.82, 2.24) is 9.55 Å². The molecule has 0 saturated heterocycles. The number of hydrogen-bond acceptors (Lipinski definition) is 6. The summed E-state index contributed by atoms with van der Waals surface area (Å²) in [4.78, 5) is 29.7. The van der Waals surface area contributed by atoms with E-state index < -0.39 is 6.36 Å². The van der Waals surface area contributed by atoms with Gasteiger partial charge in [0, 0.05) is 24.4 Å². The summed E-state index contributed by atoms with van der Waals surface area (Å²) in [5.74, 6) is -0.737. The monoisotopic (exact) mass is 431 g/mol. The van der Waals surface area contributed by atoms with Crippen LogP contribution in [0, 0.1) is 0 Å². The van der Waals surface area contributed by atoms with Crippen LogP contribution in [0.1, 0.15) is 12.6 Å². The number of carbonyl (C=O) groups is 1. The minimum absolute atomic E-state index is 0.00255. The summed E-state index contributed by atoms with van der Waals surface area (Å²) in [6.07, 6.45) is -4.06. The third-order valence-corrected chi connectivity index (χ3v) is 6.03. The number of halogens is 3. The Labute approximate surface area is 166 Å². The minimum atomic E-state index is -4.77. The van der Waals surface area contributed by atoms with Crippen molar-refractivity contribution in [2.24, 2.45) is 7.05 Å². The van der Waals surface area contributed by atoms with E-state index >= 15 is 0 Å². The maximum Gasteiger partial charge on any atom is 0.573 e. The molecule has 11 heteroatoms. The Morgan fingerprint density at radius 3 is 2.71 bits per heavy atom. The third-order valence-electron chi connectivity index (χ3n) is 3.78. The first-order chi connectivity index (χ1) is 13.1. The Balaban J connectivity index is 1.60. The molecular formula is C17H16F3N3O3S2. The lowest BCUT2D eigenvalue weighted by Gasteiger charge is -2.11. The molecule has 0 fully saturated rings. The summed E-state index contributed by atoms with van der Waals surface area (Å²) in [5, 5.41) is 3.32. The molecule has 6 nitrogen and oxygen atoms in total. The first kappa shape index (κ1) is 20.6. The van der Waals surface area contributed by atoms with Gasteiger partial charge in [-0.1, -0.05) is 18.7 Å². The van der Waals surface area contributed by atoms with Crippen molar-refractivity contribution >= 4 is 35.1 Å². The van der Waals surface area contributed by atoms with E-state index in [-0.39, 0.29) is 23.0 Å². The number of thioether (sulfide) groups is 2. The molecule has 0 unspecified atom stereocenters. The van der Waals surface area contributed by atoms with Gasteiger partial charge in [-0.05, 0) is 24.3 Å².